The van der Waals surface area contributed by atoms with E-state index in [1.54, 1.807) is 20.9 Å². The first-order valence-corrected chi connectivity index (χ1v) is 8.27. The van der Waals surface area contributed by atoms with Gasteiger partial charge in [0.25, 0.3) is 5.91 Å². The highest BCUT2D eigenvalue weighted by Crippen LogP contribution is 2.34. The van der Waals surface area contributed by atoms with Crippen LogP contribution in [0, 0.1) is 6.92 Å². The van der Waals surface area contributed by atoms with E-state index in [2.05, 4.69) is 10.4 Å². The van der Waals surface area contributed by atoms with Gasteiger partial charge < -0.3 is 10.1 Å². The topological polar surface area (TPSA) is 90.3 Å². The lowest BCUT2D eigenvalue weighted by Crippen LogP contribution is -2.16. The molecule has 0 unspecified atom stereocenters. The van der Waals surface area contributed by atoms with Crippen LogP contribution in [-0.2, 0) is 11.8 Å². The van der Waals surface area contributed by atoms with Crippen LogP contribution in [0.1, 0.15) is 49.9 Å². The lowest BCUT2D eigenvalue weighted by molar-refractivity contribution is 0.0527. The molecule has 0 saturated heterocycles. The van der Waals surface area contributed by atoms with E-state index < -0.39 is 11.9 Å². The largest absolute Gasteiger partial charge is 0.462 e. The summed E-state index contributed by atoms with van der Waals surface area (Å²) >= 11 is 6.98. The number of carbonyl (C=O) groups excluding carboxylic acids is 3. The van der Waals surface area contributed by atoms with Crippen LogP contribution in [0.2, 0.25) is 5.02 Å². The van der Waals surface area contributed by atoms with Gasteiger partial charge >= 0.3 is 5.97 Å². The monoisotopic (exact) mass is 369 g/mol. The molecule has 7 nitrogen and oxygen atoms in total. The van der Waals surface area contributed by atoms with Gasteiger partial charge in [-0.05, 0) is 26.3 Å². The second-order valence-corrected chi connectivity index (χ2v) is 6.42. The van der Waals surface area contributed by atoms with Crippen molar-refractivity contribution >= 4 is 45.6 Å². The van der Waals surface area contributed by atoms with Crippen LogP contribution in [0.5, 0.6) is 0 Å². The van der Waals surface area contributed by atoms with Crippen molar-refractivity contribution in [1.29, 1.82) is 0 Å². The first-order chi connectivity index (χ1) is 11.3. The molecule has 1 N–H and O–H groups in total. The Kier molecular flexibility index (Phi) is 5.40. The molecule has 0 aliphatic rings. The number of carbonyl (C=O) groups is 3. The highest BCUT2D eigenvalue weighted by atomic mass is 35.5. The van der Waals surface area contributed by atoms with Crippen molar-refractivity contribution < 1.29 is 19.1 Å². The second kappa shape index (κ2) is 7.14. The molecule has 24 heavy (non-hydrogen) atoms. The van der Waals surface area contributed by atoms with Crippen molar-refractivity contribution in [1.82, 2.24) is 9.78 Å². The Bertz CT molecular complexity index is 825. The molecule has 0 radical (unpaired) electrons. The summed E-state index contributed by atoms with van der Waals surface area (Å²) in [6.07, 6.45) is 1.49. The highest BCUT2D eigenvalue weighted by molar-refractivity contribution is 7.18. The van der Waals surface area contributed by atoms with E-state index in [0.29, 0.717) is 10.4 Å². The number of aromatic nitrogens is 2. The van der Waals surface area contributed by atoms with Crippen molar-refractivity contribution in [2.24, 2.45) is 7.05 Å². The van der Waals surface area contributed by atoms with Crippen molar-refractivity contribution in [3.63, 3.8) is 0 Å². The minimum Gasteiger partial charge on any atom is -0.462 e. The van der Waals surface area contributed by atoms with Gasteiger partial charge in [-0.2, -0.15) is 5.10 Å². The number of nitrogens with one attached hydrogen (secondary N) is 1. The number of aryl methyl sites for hydroxylation is 1. The summed E-state index contributed by atoms with van der Waals surface area (Å²) in [4.78, 5) is 36.7. The molecular formula is C15H16ClN3O4S. The molecular weight excluding hydrogens is 354 g/mol. The van der Waals surface area contributed by atoms with Gasteiger partial charge in [0.1, 0.15) is 5.00 Å². The molecule has 0 aromatic carbocycles. The van der Waals surface area contributed by atoms with Crippen LogP contribution in [0.15, 0.2) is 6.20 Å². The number of halogens is 1. The SMILES string of the molecule is CCOC(=O)c1c(NC(=O)c2nn(C)cc2Cl)sc(C(C)=O)c1C. The fourth-order valence-electron chi connectivity index (χ4n) is 2.16. The average molecular weight is 370 g/mol. The molecule has 2 heterocycles. The number of anilines is 1. The first-order valence-electron chi connectivity index (χ1n) is 7.08. The van der Waals surface area contributed by atoms with Gasteiger partial charge in [0.15, 0.2) is 11.5 Å². The summed E-state index contributed by atoms with van der Waals surface area (Å²) in [5.41, 5.74) is 0.685. The number of nitrogens with zero attached hydrogens (tertiary/aromatic N) is 2. The zero-order chi connectivity index (χ0) is 18.0. The van der Waals surface area contributed by atoms with Gasteiger partial charge in [0.2, 0.25) is 0 Å². The fraction of sp³-hybridized carbons (Fsp3) is 0.333. The lowest BCUT2D eigenvalue weighted by atomic mass is 10.1. The van der Waals surface area contributed by atoms with Gasteiger partial charge in [-0.3, -0.25) is 14.3 Å². The van der Waals surface area contributed by atoms with E-state index in [-0.39, 0.29) is 33.7 Å². The third-order valence-electron chi connectivity index (χ3n) is 3.17. The van der Waals surface area contributed by atoms with Crippen molar-refractivity contribution in [2.75, 3.05) is 11.9 Å². The number of hydrogen-bond donors (Lipinski definition) is 1. The number of esters is 1. The summed E-state index contributed by atoms with van der Waals surface area (Å²) in [7, 11) is 1.63. The highest BCUT2D eigenvalue weighted by Gasteiger charge is 2.26. The minimum absolute atomic E-state index is 0.0319. The Morgan fingerprint density at radius 2 is 2.08 bits per heavy atom. The quantitative estimate of drug-likeness (QED) is 0.646. The van der Waals surface area contributed by atoms with Gasteiger partial charge in [-0.25, -0.2) is 4.79 Å². The molecule has 0 aliphatic carbocycles. The summed E-state index contributed by atoms with van der Waals surface area (Å²) in [5, 5.41) is 7.00. The third kappa shape index (κ3) is 3.49. The lowest BCUT2D eigenvalue weighted by Gasteiger charge is -2.06. The molecule has 0 spiro atoms. The number of rotatable bonds is 5. The molecule has 0 bridgehead atoms. The fourth-order valence-corrected chi connectivity index (χ4v) is 3.51. The number of thiophene rings is 1. The van der Waals surface area contributed by atoms with Crippen LogP contribution in [0.3, 0.4) is 0 Å². The van der Waals surface area contributed by atoms with Crippen LogP contribution in [0.4, 0.5) is 5.00 Å². The number of ketones is 1. The number of Topliss-reactive ketones (excluding diaryl/α,β-unsaturated/α-hetero) is 1. The van der Waals surface area contributed by atoms with E-state index in [1.165, 1.54) is 17.8 Å². The zero-order valence-electron chi connectivity index (χ0n) is 13.6. The molecule has 0 atom stereocenters. The molecule has 128 valence electrons. The van der Waals surface area contributed by atoms with Crippen molar-refractivity contribution in [3.8, 4) is 0 Å². The summed E-state index contributed by atoms with van der Waals surface area (Å²) in [5.74, 6) is -1.36. The van der Waals surface area contributed by atoms with Gasteiger partial charge in [-0.15, -0.1) is 11.3 Å². The Labute approximate surface area is 147 Å². The van der Waals surface area contributed by atoms with Gasteiger partial charge in [-0.1, -0.05) is 11.6 Å². The predicted octanol–water partition coefficient (Wildman–Crippen LogP) is 3.08. The number of ether oxygens (including phenoxy) is 1. The third-order valence-corrected chi connectivity index (χ3v) is 4.76. The van der Waals surface area contributed by atoms with Crippen LogP contribution in [-0.4, -0.2) is 34.0 Å². The maximum Gasteiger partial charge on any atom is 0.341 e. The summed E-state index contributed by atoms with van der Waals surface area (Å²) in [6.45, 7) is 4.90. The van der Waals surface area contributed by atoms with Crippen LogP contribution < -0.4 is 5.32 Å². The summed E-state index contributed by atoms with van der Waals surface area (Å²) in [6, 6.07) is 0. The molecule has 1 amide bonds. The average Bonchev–Trinajstić information content (AvgIpc) is 2.98. The standard InChI is InChI=1S/C15H16ClN3O4S/c1-5-23-15(22)10-7(2)12(8(3)20)24-14(10)17-13(21)11-9(16)6-19(4)18-11/h6H,5H2,1-4H3,(H,17,21). The minimum atomic E-state index is -0.596. The normalized spacial score (nSPS) is 10.5. The molecule has 2 aromatic heterocycles. The van der Waals surface area contributed by atoms with E-state index in [4.69, 9.17) is 16.3 Å². The van der Waals surface area contributed by atoms with E-state index in [9.17, 15) is 14.4 Å². The van der Waals surface area contributed by atoms with Crippen molar-refractivity contribution in [3.05, 3.63) is 32.9 Å². The molecule has 2 aromatic rings. The maximum atomic E-state index is 12.4. The number of hydrogen-bond acceptors (Lipinski definition) is 6. The van der Waals surface area contributed by atoms with Gasteiger partial charge in [0, 0.05) is 13.2 Å². The smallest absolute Gasteiger partial charge is 0.341 e. The maximum absolute atomic E-state index is 12.4. The molecule has 9 heteroatoms. The van der Waals surface area contributed by atoms with E-state index in [0.717, 1.165) is 11.3 Å². The van der Waals surface area contributed by atoms with E-state index >= 15 is 0 Å². The predicted molar refractivity (Wildman–Crippen MR) is 91.2 cm³/mol. The zero-order valence-corrected chi connectivity index (χ0v) is 15.2. The first kappa shape index (κ1) is 18.2. The summed E-state index contributed by atoms with van der Waals surface area (Å²) < 4.78 is 6.42. The molecule has 2 rings (SSSR count). The Balaban J connectivity index is 2.43. The number of amides is 1. The Morgan fingerprint density at radius 3 is 2.58 bits per heavy atom. The Morgan fingerprint density at radius 1 is 1.42 bits per heavy atom. The van der Waals surface area contributed by atoms with E-state index in [1.807, 2.05) is 0 Å². The Hall–Kier alpha value is -2.19. The molecule has 0 aliphatic heterocycles. The van der Waals surface area contributed by atoms with Crippen molar-refractivity contribution in [2.45, 2.75) is 20.8 Å². The molecule has 0 fully saturated rings. The van der Waals surface area contributed by atoms with Gasteiger partial charge in [0.05, 0.1) is 22.1 Å². The molecule has 0 saturated carbocycles. The van der Waals surface area contributed by atoms with Crippen LogP contribution >= 0.6 is 22.9 Å². The van der Waals surface area contributed by atoms with Crippen LogP contribution in [0.25, 0.3) is 0 Å². The second-order valence-electron chi connectivity index (χ2n) is 4.99.